The second-order valence-electron chi connectivity index (χ2n) is 5.70. The number of para-hydroxylation sites is 1. The SMILES string of the molecule is CCN(Cc1nc2ccccc2c(=O)[nH]1)C(=O)c1cc(C)c(C)s1. The van der Waals surface area contributed by atoms with E-state index in [1.807, 2.05) is 39.0 Å². The quantitative estimate of drug-likeness (QED) is 0.792. The summed E-state index contributed by atoms with van der Waals surface area (Å²) >= 11 is 1.50. The van der Waals surface area contributed by atoms with Gasteiger partial charge in [0.05, 0.1) is 22.3 Å². The van der Waals surface area contributed by atoms with Gasteiger partial charge in [0, 0.05) is 11.4 Å². The van der Waals surface area contributed by atoms with E-state index in [9.17, 15) is 9.59 Å². The van der Waals surface area contributed by atoms with Crippen molar-refractivity contribution in [2.45, 2.75) is 27.3 Å². The van der Waals surface area contributed by atoms with Gasteiger partial charge in [0.15, 0.2) is 0 Å². The van der Waals surface area contributed by atoms with Crippen molar-refractivity contribution in [1.82, 2.24) is 14.9 Å². The molecule has 0 saturated carbocycles. The first kappa shape index (κ1) is 16.4. The van der Waals surface area contributed by atoms with Crippen molar-refractivity contribution in [2.24, 2.45) is 0 Å². The predicted octanol–water partition coefficient (Wildman–Crippen LogP) is 3.26. The summed E-state index contributed by atoms with van der Waals surface area (Å²) in [4.78, 5) is 35.7. The van der Waals surface area contributed by atoms with Crippen molar-refractivity contribution in [3.05, 3.63) is 61.8 Å². The fourth-order valence-corrected chi connectivity index (χ4v) is 3.55. The Morgan fingerprint density at radius 1 is 1.29 bits per heavy atom. The van der Waals surface area contributed by atoms with E-state index in [2.05, 4.69) is 9.97 Å². The average Bonchev–Trinajstić information content (AvgIpc) is 2.91. The lowest BCUT2D eigenvalue weighted by Gasteiger charge is -2.19. The van der Waals surface area contributed by atoms with Gasteiger partial charge >= 0.3 is 0 Å². The molecule has 0 radical (unpaired) electrons. The maximum atomic E-state index is 12.7. The first-order valence-electron chi connectivity index (χ1n) is 7.84. The van der Waals surface area contributed by atoms with Gasteiger partial charge in [0.2, 0.25) is 0 Å². The van der Waals surface area contributed by atoms with Crippen LogP contribution in [0.2, 0.25) is 0 Å². The molecule has 5 nitrogen and oxygen atoms in total. The fraction of sp³-hybridized carbons (Fsp3) is 0.278. The molecule has 0 spiro atoms. The summed E-state index contributed by atoms with van der Waals surface area (Å²) in [6.07, 6.45) is 0. The number of rotatable bonds is 4. The molecule has 2 aromatic heterocycles. The highest BCUT2D eigenvalue weighted by Gasteiger charge is 2.18. The number of carbonyl (C=O) groups excluding carboxylic acids is 1. The first-order chi connectivity index (χ1) is 11.5. The molecule has 0 aliphatic heterocycles. The van der Waals surface area contributed by atoms with Gasteiger partial charge in [-0.15, -0.1) is 11.3 Å². The summed E-state index contributed by atoms with van der Waals surface area (Å²) in [5.74, 6) is 0.466. The number of amides is 1. The van der Waals surface area contributed by atoms with Crippen LogP contribution in [0.1, 0.15) is 32.9 Å². The number of nitrogens with zero attached hydrogens (tertiary/aromatic N) is 2. The van der Waals surface area contributed by atoms with Crippen LogP contribution in [0.3, 0.4) is 0 Å². The molecule has 0 bridgehead atoms. The predicted molar refractivity (Wildman–Crippen MR) is 96.6 cm³/mol. The molecule has 6 heteroatoms. The number of carbonyl (C=O) groups is 1. The molecule has 1 amide bonds. The number of benzene rings is 1. The van der Waals surface area contributed by atoms with Gasteiger partial charge in [-0.05, 0) is 44.5 Å². The highest BCUT2D eigenvalue weighted by molar-refractivity contribution is 7.14. The number of aromatic nitrogens is 2. The molecule has 24 heavy (non-hydrogen) atoms. The molecule has 0 saturated heterocycles. The van der Waals surface area contributed by atoms with E-state index in [0.29, 0.717) is 23.3 Å². The van der Waals surface area contributed by atoms with Crippen LogP contribution in [0.15, 0.2) is 35.1 Å². The van der Waals surface area contributed by atoms with Crippen molar-refractivity contribution < 1.29 is 4.79 Å². The third kappa shape index (κ3) is 3.10. The minimum Gasteiger partial charge on any atom is -0.331 e. The normalized spacial score (nSPS) is 11.0. The maximum Gasteiger partial charge on any atom is 0.264 e. The van der Waals surface area contributed by atoms with Gasteiger partial charge in [-0.1, -0.05) is 12.1 Å². The van der Waals surface area contributed by atoms with Crippen LogP contribution in [-0.4, -0.2) is 27.3 Å². The van der Waals surface area contributed by atoms with Crippen LogP contribution in [0.4, 0.5) is 0 Å². The summed E-state index contributed by atoms with van der Waals surface area (Å²) in [5, 5.41) is 0.556. The summed E-state index contributed by atoms with van der Waals surface area (Å²) in [6, 6.07) is 9.12. The molecule has 0 fully saturated rings. The van der Waals surface area contributed by atoms with Crippen molar-refractivity contribution in [3.63, 3.8) is 0 Å². The third-order valence-electron chi connectivity index (χ3n) is 4.05. The van der Waals surface area contributed by atoms with Crippen molar-refractivity contribution in [3.8, 4) is 0 Å². The van der Waals surface area contributed by atoms with E-state index in [1.54, 1.807) is 17.0 Å². The Labute approximate surface area is 144 Å². The molecule has 2 heterocycles. The average molecular weight is 341 g/mol. The number of aromatic amines is 1. The Morgan fingerprint density at radius 2 is 2.04 bits per heavy atom. The topological polar surface area (TPSA) is 66.1 Å². The van der Waals surface area contributed by atoms with E-state index in [-0.39, 0.29) is 18.0 Å². The molecule has 124 valence electrons. The number of nitrogens with one attached hydrogen (secondary N) is 1. The van der Waals surface area contributed by atoms with Crippen LogP contribution >= 0.6 is 11.3 Å². The van der Waals surface area contributed by atoms with Crippen LogP contribution in [0.5, 0.6) is 0 Å². The van der Waals surface area contributed by atoms with E-state index in [4.69, 9.17) is 0 Å². The fourth-order valence-electron chi connectivity index (χ4n) is 2.55. The van der Waals surface area contributed by atoms with E-state index >= 15 is 0 Å². The van der Waals surface area contributed by atoms with Crippen molar-refractivity contribution in [1.29, 1.82) is 0 Å². The van der Waals surface area contributed by atoms with Crippen LogP contribution in [0, 0.1) is 13.8 Å². The Bertz CT molecular complexity index is 939. The number of hydrogen-bond donors (Lipinski definition) is 1. The van der Waals surface area contributed by atoms with Gasteiger partial charge in [-0.3, -0.25) is 9.59 Å². The molecule has 3 rings (SSSR count). The van der Waals surface area contributed by atoms with Gasteiger partial charge < -0.3 is 9.88 Å². The number of thiophene rings is 1. The standard InChI is InChI=1S/C18H19N3O2S/c1-4-21(18(23)15-9-11(2)12(3)24-15)10-16-19-14-8-6-5-7-13(14)17(22)20-16/h5-9H,4,10H2,1-3H3,(H,19,20,22). The second kappa shape index (κ2) is 6.57. The van der Waals surface area contributed by atoms with Crippen LogP contribution in [-0.2, 0) is 6.54 Å². The Kier molecular flexibility index (Phi) is 4.49. The molecule has 1 N–H and O–H groups in total. The maximum absolute atomic E-state index is 12.7. The molecular weight excluding hydrogens is 322 g/mol. The lowest BCUT2D eigenvalue weighted by atomic mass is 10.2. The number of H-pyrrole nitrogens is 1. The summed E-state index contributed by atoms with van der Waals surface area (Å²) in [5.41, 5.74) is 1.58. The molecule has 3 aromatic rings. The third-order valence-corrected chi connectivity index (χ3v) is 5.19. The molecule has 0 aliphatic rings. The van der Waals surface area contributed by atoms with Crippen molar-refractivity contribution >= 4 is 28.1 Å². The Hall–Kier alpha value is -2.47. The molecule has 0 aliphatic carbocycles. The zero-order valence-electron chi connectivity index (χ0n) is 13.9. The highest BCUT2D eigenvalue weighted by atomic mass is 32.1. The summed E-state index contributed by atoms with van der Waals surface area (Å²) in [6.45, 7) is 6.76. The lowest BCUT2D eigenvalue weighted by molar-refractivity contribution is 0.0753. The monoisotopic (exact) mass is 341 g/mol. The summed E-state index contributed by atoms with van der Waals surface area (Å²) in [7, 11) is 0. The first-order valence-corrected chi connectivity index (χ1v) is 8.65. The number of hydrogen-bond acceptors (Lipinski definition) is 4. The molecule has 0 unspecified atom stereocenters. The zero-order valence-corrected chi connectivity index (χ0v) is 14.7. The van der Waals surface area contributed by atoms with Gasteiger partial charge in [0.25, 0.3) is 11.5 Å². The molecular formula is C18H19N3O2S. The second-order valence-corrected chi connectivity index (χ2v) is 6.96. The number of fused-ring (bicyclic) bond motifs is 1. The Balaban J connectivity index is 1.90. The van der Waals surface area contributed by atoms with Crippen molar-refractivity contribution in [2.75, 3.05) is 6.54 Å². The lowest BCUT2D eigenvalue weighted by Crippen LogP contribution is -2.31. The smallest absolute Gasteiger partial charge is 0.264 e. The van der Waals surface area contributed by atoms with Gasteiger partial charge in [-0.25, -0.2) is 4.98 Å². The molecule has 1 aromatic carbocycles. The molecule has 0 atom stereocenters. The zero-order chi connectivity index (χ0) is 17.3. The van der Waals surface area contributed by atoms with E-state index in [0.717, 1.165) is 15.3 Å². The van der Waals surface area contributed by atoms with Gasteiger partial charge in [-0.2, -0.15) is 0 Å². The van der Waals surface area contributed by atoms with E-state index < -0.39 is 0 Å². The summed E-state index contributed by atoms with van der Waals surface area (Å²) < 4.78 is 0. The highest BCUT2D eigenvalue weighted by Crippen LogP contribution is 2.22. The van der Waals surface area contributed by atoms with Crippen LogP contribution in [0.25, 0.3) is 10.9 Å². The Morgan fingerprint density at radius 3 is 2.71 bits per heavy atom. The minimum absolute atomic E-state index is 0.0329. The van der Waals surface area contributed by atoms with Gasteiger partial charge in [0.1, 0.15) is 5.82 Å². The number of aryl methyl sites for hydroxylation is 2. The largest absolute Gasteiger partial charge is 0.331 e. The van der Waals surface area contributed by atoms with E-state index in [1.165, 1.54) is 11.3 Å². The van der Waals surface area contributed by atoms with Crippen LogP contribution < -0.4 is 5.56 Å². The minimum atomic E-state index is -0.179.